The van der Waals surface area contributed by atoms with Crippen molar-refractivity contribution >= 4 is 23.6 Å². The van der Waals surface area contributed by atoms with Crippen molar-refractivity contribution in [1.82, 2.24) is 10.6 Å². The molecule has 108 valence electrons. The minimum absolute atomic E-state index is 0.0576. The Morgan fingerprint density at radius 1 is 1.00 bits per heavy atom. The fourth-order valence-electron chi connectivity index (χ4n) is 2.50. The van der Waals surface area contributed by atoms with Crippen LogP contribution in [0.1, 0.15) is 44.9 Å². The van der Waals surface area contributed by atoms with Crippen LogP contribution in [0.2, 0.25) is 0 Å². The molecule has 2 aliphatic carbocycles. The molecule has 2 fully saturated rings. The Morgan fingerprint density at radius 2 is 1.68 bits per heavy atom. The molecule has 0 unspecified atom stereocenters. The quantitative estimate of drug-likeness (QED) is 0.713. The minimum atomic E-state index is 0.0576. The van der Waals surface area contributed by atoms with Crippen LogP contribution in [-0.4, -0.2) is 35.9 Å². The summed E-state index contributed by atoms with van der Waals surface area (Å²) in [4.78, 5) is 23.0. The minimum Gasteiger partial charge on any atom is -0.355 e. The molecule has 0 aromatic carbocycles. The van der Waals surface area contributed by atoms with E-state index in [-0.39, 0.29) is 11.8 Å². The van der Waals surface area contributed by atoms with Gasteiger partial charge in [0.05, 0.1) is 11.5 Å². The molecule has 0 heterocycles. The van der Waals surface area contributed by atoms with E-state index in [0.29, 0.717) is 17.5 Å². The van der Waals surface area contributed by atoms with Gasteiger partial charge in [0.25, 0.3) is 0 Å². The molecule has 0 radical (unpaired) electrons. The van der Waals surface area contributed by atoms with Crippen LogP contribution in [0.4, 0.5) is 0 Å². The van der Waals surface area contributed by atoms with Crippen LogP contribution in [0.3, 0.4) is 0 Å². The average molecular weight is 284 g/mol. The first-order valence-corrected chi connectivity index (χ1v) is 8.53. The van der Waals surface area contributed by atoms with E-state index >= 15 is 0 Å². The van der Waals surface area contributed by atoms with Gasteiger partial charge in [-0.1, -0.05) is 25.7 Å². The Labute approximate surface area is 119 Å². The maximum atomic E-state index is 11.6. The maximum Gasteiger partial charge on any atom is 0.230 e. The molecule has 2 saturated carbocycles. The zero-order chi connectivity index (χ0) is 13.5. The van der Waals surface area contributed by atoms with Gasteiger partial charge in [0.15, 0.2) is 0 Å². The summed E-state index contributed by atoms with van der Waals surface area (Å²) in [6, 6.07) is 0.410. The highest BCUT2D eigenvalue weighted by molar-refractivity contribution is 8.00. The highest BCUT2D eigenvalue weighted by atomic mass is 32.2. The molecule has 0 aromatic heterocycles. The van der Waals surface area contributed by atoms with Crippen LogP contribution in [-0.2, 0) is 9.59 Å². The molecular formula is C14H24N2O2S. The van der Waals surface area contributed by atoms with Gasteiger partial charge in [-0.3, -0.25) is 9.59 Å². The second-order valence-electron chi connectivity index (χ2n) is 5.62. The first kappa shape index (κ1) is 14.7. The molecule has 5 heteroatoms. The summed E-state index contributed by atoms with van der Waals surface area (Å²) >= 11 is 1.40. The fraction of sp³-hybridized carbons (Fsp3) is 0.857. The predicted octanol–water partition coefficient (Wildman–Crippen LogP) is 1.69. The molecule has 0 aliphatic heterocycles. The maximum absolute atomic E-state index is 11.6. The van der Waals surface area contributed by atoms with Gasteiger partial charge in [0, 0.05) is 12.6 Å². The third-order valence-corrected chi connectivity index (χ3v) is 4.69. The topological polar surface area (TPSA) is 58.2 Å². The molecule has 2 N–H and O–H groups in total. The van der Waals surface area contributed by atoms with Crippen molar-refractivity contribution in [3.05, 3.63) is 0 Å². The van der Waals surface area contributed by atoms with Gasteiger partial charge < -0.3 is 10.6 Å². The van der Waals surface area contributed by atoms with Crippen LogP contribution in [0.25, 0.3) is 0 Å². The molecule has 0 saturated heterocycles. The van der Waals surface area contributed by atoms with Crippen molar-refractivity contribution in [1.29, 1.82) is 0 Å². The fourth-order valence-corrected chi connectivity index (χ4v) is 3.16. The second-order valence-corrected chi connectivity index (χ2v) is 6.61. The summed E-state index contributed by atoms with van der Waals surface area (Å²) in [5.74, 6) is 1.72. The molecule has 4 nitrogen and oxygen atoms in total. The number of rotatable bonds is 8. The summed E-state index contributed by atoms with van der Waals surface area (Å²) in [7, 11) is 0. The molecule has 2 rings (SSSR count). The summed E-state index contributed by atoms with van der Waals surface area (Å²) in [6.45, 7) is 0.790. The third-order valence-electron chi connectivity index (χ3n) is 3.76. The molecule has 2 aliphatic rings. The Balaban J connectivity index is 1.43. The van der Waals surface area contributed by atoms with Gasteiger partial charge in [0.2, 0.25) is 11.8 Å². The number of carbonyl (C=O) groups is 2. The number of hydrogen-bond acceptors (Lipinski definition) is 3. The van der Waals surface area contributed by atoms with Crippen LogP contribution in [0.15, 0.2) is 0 Å². The van der Waals surface area contributed by atoms with Gasteiger partial charge in [-0.15, -0.1) is 11.8 Å². The first-order chi connectivity index (χ1) is 9.24. The molecule has 0 aromatic rings. The van der Waals surface area contributed by atoms with E-state index in [1.54, 1.807) is 0 Å². The van der Waals surface area contributed by atoms with Crippen molar-refractivity contribution < 1.29 is 9.59 Å². The van der Waals surface area contributed by atoms with Crippen molar-refractivity contribution in [2.24, 2.45) is 5.92 Å². The normalized spacial score (nSPS) is 19.4. The molecular weight excluding hydrogens is 260 g/mol. The lowest BCUT2D eigenvalue weighted by Crippen LogP contribution is -2.30. The lowest BCUT2D eigenvalue weighted by Gasteiger charge is -2.09. The molecule has 0 bridgehead atoms. The van der Waals surface area contributed by atoms with Crippen molar-refractivity contribution in [2.45, 2.75) is 51.0 Å². The number of carbonyl (C=O) groups excluding carboxylic acids is 2. The van der Waals surface area contributed by atoms with E-state index in [1.165, 1.54) is 37.4 Å². The average Bonchev–Trinajstić information content (AvgIpc) is 3.03. The molecule has 2 amide bonds. The Kier molecular flexibility index (Phi) is 6.01. The number of hydrogen-bond donors (Lipinski definition) is 2. The zero-order valence-electron chi connectivity index (χ0n) is 11.5. The van der Waals surface area contributed by atoms with E-state index in [4.69, 9.17) is 0 Å². The van der Waals surface area contributed by atoms with Gasteiger partial charge in [-0.25, -0.2) is 0 Å². The van der Waals surface area contributed by atoms with Crippen LogP contribution in [0.5, 0.6) is 0 Å². The van der Waals surface area contributed by atoms with E-state index in [9.17, 15) is 9.59 Å². The SMILES string of the molecule is O=C(CSCC(=O)NC1CC1)NCCC1CCCC1. The van der Waals surface area contributed by atoms with Gasteiger partial charge in [-0.2, -0.15) is 0 Å². The Hall–Kier alpha value is -0.710. The third kappa shape index (κ3) is 6.32. The highest BCUT2D eigenvalue weighted by Crippen LogP contribution is 2.26. The summed E-state index contributed by atoms with van der Waals surface area (Å²) < 4.78 is 0. The highest BCUT2D eigenvalue weighted by Gasteiger charge is 2.23. The standard InChI is InChI=1S/C14H24N2O2S/c17-13(15-8-7-11-3-1-2-4-11)9-19-10-14(18)16-12-5-6-12/h11-12H,1-10H2,(H,15,17)(H,16,18). The Morgan fingerprint density at radius 3 is 2.37 bits per heavy atom. The van der Waals surface area contributed by atoms with Gasteiger partial charge in [0.1, 0.15) is 0 Å². The lowest BCUT2D eigenvalue weighted by molar-refractivity contribution is -0.119. The summed E-state index contributed by atoms with van der Waals surface area (Å²) in [6.07, 6.45) is 8.68. The second kappa shape index (κ2) is 7.78. The largest absolute Gasteiger partial charge is 0.355 e. The van der Waals surface area contributed by atoms with E-state index in [1.807, 2.05) is 0 Å². The van der Waals surface area contributed by atoms with Crippen LogP contribution < -0.4 is 10.6 Å². The predicted molar refractivity (Wildman–Crippen MR) is 78.1 cm³/mol. The number of nitrogens with one attached hydrogen (secondary N) is 2. The smallest absolute Gasteiger partial charge is 0.230 e. The van der Waals surface area contributed by atoms with Gasteiger partial charge in [-0.05, 0) is 25.2 Å². The van der Waals surface area contributed by atoms with E-state index < -0.39 is 0 Å². The van der Waals surface area contributed by atoms with Crippen LogP contribution >= 0.6 is 11.8 Å². The van der Waals surface area contributed by atoms with Gasteiger partial charge >= 0.3 is 0 Å². The Bertz CT molecular complexity index is 313. The summed E-state index contributed by atoms with van der Waals surface area (Å²) in [5.41, 5.74) is 0. The first-order valence-electron chi connectivity index (χ1n) is 7.38. The summed E-state index contributed by atoms with van der Waals surface area (Å²) in [5, 5.41) is 5.86. The monoisotopic (exact) mass is 284 g/mol. The van der Waals surface area contributed by atoms with Crippen molar-refractivity contribution in [2.75, 3.05) is 18.1 Å². The lowest BCUT2D eigenvalue weighted by atomic mass is 10.0. The van der Waals surface area contributed by atoms with Crippen molar-refractivity contribution in [3.63, 3.8) is 0 Å². The number of amides is 2. The van der Waals surface area contributed by atoms with Crippen LogP contribution in [0, 0.1) is 5.92 Å². The van der Waals surface area contributed by atoms with E-state index in [2.05, 4.69) is 10.6 Å². The zero-order valence-corrected chi connectivity index (χ0v) is 12.3. The number of thioether (sulfide) groups is 1. The molecule has 0 spiro atoms. The van der Waals surface area contributed by atoms with Crippen molar-refractivity contribution in [3.8, 4) is 0 Å². The molecule has 0 atom stereocenters. The van der Waals surface area contributed by atoms with E-state index in [0.717, 1.165) is 31.7 Å². The molecule has 19 heavy (non-hydrogen) atoms.